The number of likely N-dealkylation sites (tertiary alicyclic amines) is 1. The fraction of sp³-hybridized carbons (Fsp3) is 0.769. The van der Waals surface area contributed by atoms with Crippen LogP contribution in [0.4, 0.5) is 6.01 Å². The molecule has 112 valence electrons. The lowest BCUT2D eigenvalue weighted by Gasteiger charge is -2.16. The summed E-state index contributed by atoms with van der Waals surface area (Å²) in [6, 6.07) is 0.143. The topological polar surface area (TPSA) is 91.5 Å². The van der Waals surface area contributed by atoms with Gasteiger partial charge in [-0.15, -0.1) is 5.10 Å². The van der Waals surface area contributed by atoms with E-state index in [2.05, 4.69) is 15.5 Å². The van der Waals surface area contributed by atoms with Crippen LogP contribution in [0.1, 0.15) is 39.0 Å². The predicted octanol–water partition coefficient (Wildman–Crippen LogP) is 0.834. The van der Waals surface area contributed by atoms with Gasteiger partial charge in [-0.3, -0.25) is 15.0 Å². The molecule has 0 bridgehead atoms. The van der Waals surface area contributed by atoms with E-state index in [9.17, 15) is 9.90 Å². The number of amides is 1. The molecule has 1 saturated heterocycles. The number of aromatic nitrogens is 2. The van der Waals surface area contributed by atoms with Gasteiger partial charge in [0.2, 0.25) is 11.8 Å². The highest BCUT2D eigenvalue weighted by atomic mass is 16.4. The number of carbonyl (C=O) groups excluding carboxylic acids is 1. The van der Waals surface area contributed by atoms with Crippen LogP contribution in [0.5, 0.6) is 0 Å². The molecule has 0 spiro atoms. The Morgan fingerprint density at radius 2 is 2.25 bits per heavy atom. The van der Waals surface area contributed by atoms with Crippen LogP contribution in [0.3, 0.4) is 0 Å². The van der Waals surface area contributed by atoms with Crippen molar-refractivity contribution in [3.63, 3.8) is 0 Å². The molecule has 0 aromatic carbocycles. The standard InChI is InChI=1S/C13H22N4O3/c1-8(2)12-15-16-13(20-12)14-11(19)7-17-5-4-10(6-17)9(3)18/h8-10,18H,4-7H2,1-3H3,(H,14,16,19). The van der Waals surface area contributed by atoms with E-state index in [-0.39, 0.29) is 36.4 Å². The van der Waals surface area contributed by atoms with Crippen molar-refractivity contribution in [2.45, 2.75) is 39.2 Å². The third-order valence-electron chi connectivity index (χ3n) is 3.54. The molecule has 1 aliphatic heterocycles. The molecule has 1 amide bonds. The van der Waals surface area contributed by atoms with Crippen LogP contribution < -0.4 is 5.32 Å². The van der Waals surface area contributed by atoms with Crippen molar-refractivity contribution in [3.8, 4) is 0 Å². The minimum atomic E-state index is -0.326. The highest BCUT2D eigenvalue weighted by Crippen LogP contribution is 2.19. The molecule has 2 N–H and O–H groups in total. The molecular weight excluding hydrogens is 260 g/mol. The van der Waals surface area contributed by atoms with E-state index in [0.29, 0.717) is 5.89 Å². The lowest BCUT2D eigenvalue weighted by Crippen LogP contribution is -2.32. The average Bonchev–Trinajstić information content (AvgIpc) is 2.98. The van der Waals surface area contributed by atoms with Crippen molar-refractivity contribution < 1.29 is 14.3 Å². The maximum absolute atomic E-state index is 11.9. The molecule has 1 aliphatic rings. The quantitative estimate of drug-likeness (QED) is 0.831. The van der Waals surface area contributed by atoms with Gasteiger partial charge >= 0.3 is 6.01 Å². The van der Waals surface area contributed by atoms with Crippen molar-refractivity contribution in [1.82, 2.24) is 15.1 Å². The fourth-order valence-corrected chi connectivity index (χ4v) is 2.28. The largest absolute Gasteiger partial charge is 0.408 e. The molecule has 0 aliphatic carbocycles. The van der Waals surface area contributed by atoms with E-state index >= 15 is 0 Å². The third-order valence-corrected chi connectivity index (χ3v) is 3.54. The van der Waals surface area contributed by atoms with E-state index < -0.39 is 0 Å². The predicted molar refractivity (Wildman–Crippen MR) is 73.2 cm³/mol. The molecule has 2 heterocycles. The zero-order chi connectivity index (χ0) is 14.7. The van der Waals surface area contributed by atoms with Gasteiger partial charge in [0.1, 0.15) is 0 Å². The SMILES string of the molecule is CC(C)c1nnc(NC(=O)CN2CCC(C(C)O)C2)o1. The summed E-state index contributed by atoms with van der Waals surface area (Å²) in [5, 5.41) is 19.8. The number of aliphatic hydroxyl groups excluding tert-OH is 1. The average molecular weight is 282 g/mol. The van der Waals surface area contributed by atoms with Crippen molar-refractivity contribution in [2.75, 3.05) is 25.0 Å². The van der Waals surface area contributed by atoms with Crippen LogP contribution in [0.2, 0.25) is 0 Å². The zero-order valence-corrected chi connectivity index (χ0v) is 12.2. The number of nitrogens with one attached hydrogen (secondary N) is 1. The summed E-state index contributed by atoms with van der Waals surface area (Å²) in [7, 11) is 0. The van der Waals surface area contributed by atoms with Crippen LogP contribution in [0.15, 0.2) is 4.42 Å². The Kier molecular flexibility index (Phi) is 4.72. The van der Waals surface area contributed by atoms with E-state index in [4.69, 9.17) is 4.42 Å². The van der Waals surface area contributed by atoms with Crippen molar-refractivity contribution in [2.24, 2.45) is 5.92 Å². The number of nitrogens with zero attached hydrogens (tertiary/aromatic N) is 3. The Hall–Kier alpha value is -1.47. The molecule has 1 fully saturated rings. The van der Waals surface area contributed by atoms with Gasteiger partial charge in [-0.2, -0.15) is 0 Å². The van der Waals surface area contributed by atoms with Gasteiger partial charge in [0.05, 0.1) is 12.6 Å². The van der Waals surface area contributed by atoms with Crippen molar-refractivity contribution in [1.29, 1.82) is 0 Å². The van der Waals surface area contributed by atoms with Crippen LogP contribution in [-0.2, 0) is 4.79 Å². The van der Waals surface area contributed by atoms with Gasteiger partial charge < -0.3 is 9.52 Å². The van der Waals surface area contributed by atoms with Gasteiger partial charge in [-0.05, 0) is 25.8 Å². The molecule has 0 saturated carbocycles. The Balaban J connectivity index is 1.81. The molecule has 20 heavy (non-hydrogen) atoms. The van der Waals surface area contributed by atoms with E-state index in [1.165, 1.54) is 0 Å². The molecule has 7 heteroatoms. The minimum absolute atomic E-state index is 0.138. The Labute approximate surface area is 118 Å². The monoisotopic (exact) mass is 282 g/mol. The lowest BCUT2D eigenvalue weighted by molar-refractivity contribution is -0.117. The van der Waals surface area contributed by atoms with Gasteiger partial charge in [-0.1, -0.05) is 18.9 Å². The Morgan fingerprint density at radius 1 is 1.50 bits per heavy atom. The maximum atomic E-state index is 11.9. The van der Waals surface area contributed by atoms with E-state index in [0.717, 1.165) is 19.5 Å². The summed E-state index contributed by atoms with van der Waals surface area (Å²) in [6.45, 7) is 7.53. The molecule has 2 unspecified atom stereocenters. The van der Waals surface area contributed by atoms with E-state index in [1.54, 1.807) is 6.92 Å². The van der Waals surface area contributed by atoms with Gasteiger partial charge in [0, 0.05) is 12.5 Å². The first-order chi connectivity index (χ1) is 9.45. The number of hydrogen-bond donors (Lipinski definition) is 2. The van der Waals surface area contributed by atoms with Gasteiger partial charge in [-0.25, -0.2) is 0 Å². The molecule has 1 aromatic heterocycles. The smallest absolute Gasteiger partial charge is 0.322 e. The normalized spacial score (nSPS) is 21.4. The molecule has 2 rings (SSSR count). The number of anilines is 1. The molecule has 7 nitrogen and oxygen atoms in total. The Bertz CT molecular complexity index is 458. The van der Waals surface area contributed by atoms with Crippen molar-refractivity contribution >= 4 is 11.9 Å². The van der Waals surface area contributed by atoms with Crippen molar-refractivity contribution in [3.05, 3.63) is 5.89 Å². The summed E-state index contributed by atoms with van der Waals surface area (Å²) >= 11 is 0. The number of carbonyl (C=O) groups is 1. The first-order valence-electron chi connectivity index (χ1n) is 6.99. The maximum Gasteiger partial charge on any atom is 0.322 e. The first kappa shape index (κ1) is 14.9. The summed E-state index contributed by atoms with van der Waals surface area (Å²) in [6.07, 6.45) is 0.593. The highest BCUT2D eigenvalue weighted by molar-refractivity contribution is 5.90. The fourth-order valence-electron chi connectivity index (χ4n) is 2.28. The molecular formula is C13H22N4O3. The van der Waals surface area contributed by atoms with Crippen LogP contribution >= 0.6 is 0 Å². The lowest BCUT2D eigenvalue weighted by atomic mass is 10.0. The first-order valence-corrected chi connectivity index (χ1v) is 6.99. The summed E-state index contributed by atoms with van der Waals surface area (Å²) in [4.78, 5) is 13.9. The second-order valence-electron chi connectivity index (χ2n) is 5.67. The zero-order valence-electron chi connectivity index (χ0n) is 12.2. The third kappa shape index (κ3) is 3.77. The number of aliphatic hydroxyl groups is 1. The molecule has 0 radical (unpaired) electrons. The number of hydrogen-bond acceptors (Lipinski definition) is 6. The van der Waals surface area contributed by atoms with Gasteiger partial charge in [0.25, 0.3) is 0 Å². The van der Waals surface area contributed by atoms with Gasteiger partial charge in [0.15, 0.2) is 0 Å². The van der Waals surface area contributed by atoms with E-state index in [1.807, 2.05) is 18.7 Å². The van der Waals surface area contributed by atoms with Crippen LogP contribution in [-0.4, -0.2) is 51.8 Å². The highest BCUT2D eigenvalue weighted by Gasteiger charge is 2.27. The number of rotatable bonds is 5. The second kappa shape index (κ2) is 6.32. The summed E-state index contributed by atoms with van der Waals surface area (Å²) in [5.74, 6) is 0.725. The van der Waals surface area contributed by atoms with Crippen LogP contribution in [0.25, 0.3) is 0 Å². The minimum Gasteiger partial charge on any atom is -0.408 e. The molecule has 1 aromatic rings. The Morgan fingerprint density at radius 3 is 2.80 bits per heavy atom. The molecule has 2 atom stereocenters. The summed E-state index contributed by atoms with van der Waals surface area (Å²) in [5.41, 5.74) is 0. The van der Waals surface area contributed by atoms with Crippen LogP contribution in [0, 0.1) is 5.92 Å². The summed E-state index contributed by atoms with van der Waals surface area (Å²) < 4.78 is 5.33. The second-order valence-corrected chi connectivity index (χ2v) is 5.67.